The Bertz CT molecular complexity index is 742. The van der Waals surface area contributed by atoms with E-state index in [1.165, 1.54) is 16.8 Å². The van der Waals surface area contributed by atoms with Crippen molar-refractivity contribution < 1.29 is 4.79 Å². The van der Waals surface area contributed by atoms with E-state index in [9.17, 15) is 14.9 Å². The summed E-state index contributed by atoms with van der Waals surface area (Å²) < 4.78 is 1.28. The van der Waals surface area contributed by atoms with Crippen molar-refractivity contribution in [2.45, 2.75) is 25.8 Å². The number of rotatable bonds is 4. The van der Waals surface area contributed by atoms with Crippen LogP contribution in [0.1, 0.15) is 41.9 Å². The summed E-state index contributed by atoms with van der Waals surface area (Å²) in [6.07, 6.45) is 0. The van der Waals surface area contributed by atoms with Gasteiger partial charge in [0, 0.05) is 11.6 Å². The van der Waals surface area contributed by atoms with Gasteiger partial charge in [0.15, 0.2) is 11.7 Å². The van der Waals surface area contributed by atoms with Crippen LogP contribution in [0.3, 0.4) is 0 Å². The van der Waals surface area contributed by atoms with Crippen molar-refractivity contribution in [1.82, 2.24) is 9.78 Å². The SMILES string of the molecule is CC(C)n1nc(C(C#N)C(=O)c2ccccc2)ccc1=O. The Morgan fingerprint density at radius 2 is 1.86 bits per heavy atom. The molecule has 0 spiro atoms. The Kier molecular flexibility index (Phi) is 4.29. The lowest BCUT2D eigenvalue weighted by molar-refractivity contribution is 0.0976. The molecule has 1 aromatic carbocycles. The van der Waals surface area contributed by atoms with Crippen LogP contribution in [0.2, 0.25) is 0 Å². The number of carbonyl (C=O) groups is 1. The van der Waals surface area contributed by atoms with Crippen LogP contribution in [0.15, 0.2) is 47.3 Å². The number of carbonyl (C=O) groups excluding carboxylic acids is 1. The largest absolute Gasteiger partial charge is 0.292 e. The number of nitriles is 1. The number of hydrogen-bond donors (Lipinski definition) is 0. The highest BCUT2D eigenvalue weighted by Crippen LogP contribution is 2.18. The lowest BCUT2D eigenvalue weighted by Gasteiger charge is -2.12. The van der Waals surface area contributed by atoms with Gasteiger partial charge in [0.2, 0.25) is 0 Å². The molecule has 1 aromatic heterocycles. The number of Topliss-reactive ketones (excluding diaryl/α,β-unsaturated/α-hetero) is 1. The molecule has 0 bridgehead atoms. The fraction of sp³-hybridized carbons (Fsp3) is 0.250. The molecule has 0 saturated carbocycles. The molecule has 5 nitrogen and oxygen atoms in total. The van der Waals surface area contributed by atoms with E-state index in [0.717, 1.165) is 0 Å². The van der Waals surface area contributed by atoms with Crippen molar-refractivity contribution >= 4 is 5.78 Å². The van der Waals surface area contributed by atoms with E-state index in [2.05, 4.69) is 5.10 Å². The second-order valence-corrected chi connectivity index (χ2v) is 4.93. The maximum absolute atomic E-state index is 12.4. The molecule has 0 amide bonds. The average Bonchev–Trinajstić information content (AvgIpc) is 2.50. The third-order valence-electron chi connectivity index (χ3n) is 3.08. The summed E-state index contributed by atoms with van der Waals surface area (Å²) in [5.41, 5.74) is 0.491. The number of nitrogens with zero attached hydrogens (tertiary/aromatic N) is 3. The molecule has 0 fully saturated rings. The topological polar surface area (TPSA) is 75.8 Å². The summed E-state index contributed by atoms with van der Waals surface area (Å²) in [5.74, 6) is -1.34. The molecule has 21 heavy (non-hydrogen) atoms. The highest BCUT2D eigenvalue weighted by molar-refractivity contribution is 6.02. The molecule has 1 atom stereocenters. The molecule has 0 saturated heterocycles. The zero-order chi connectivity index (χ0) is 15.4. The van der Waals surface area contributed by atoms with Gasteiger partial charge in [-0.05, 0) is 19.9 Å². The molecule has 0 aliphatic heterocycles. The second-order valence-electron chi connectivity index (χ2n) is 4.93. The van der Waals surface area contributed by atoms with Crippen LogP contribution in [-0.2, 0) is 0 Å². The van der Waals surface area contributed by atoms with Crippen molar-refractivity contribution in [2.75, 3.05) is 0 Å². The Morgan fingerprint density at radius 1 is 1.19 bits per heavy atom. The molecule has 1 unspecified atom stereocenters. The predicted molar refractivity (Wildman–Crippen MR) is 78.0 cm³/mol. The van der Waals surface area contributed by atoms with Crippen LogP contribution in [0.4, 0.5) is 0 Å². The van der Waals surface area contributed by atoms with Crippen molar-refractivity contribution in [3.8, 4) is 6.07 Å². The number of ketones is 1. The molecule has 2 aromatic rings. The molecule has 5 heteroatoms. The van der Waals surface area contributed by atoms with E-state index in [0.29, 0.717) is 11.3 Å². The van der Waals surface area contributed by atoms with Crippen molar-refractivity contribution in [3.63, 3.8) is 0 Å². The van der Waals surface area contributed by atoms with Gasteiger partial charge >= 0.3 is 0 Å². The summed E-state index contributed by atoms with van der Waals surface area (Å²) in [7, 11) is 0. The van der Waals surface area contributed by atoms with Crippen LogP contribution < -0.4 is 5.56 Å². The minimum Gasteiger partial charge on any atom is -0.292 e. The standard InChI is InChI=1S/C16H15N3O2/c1-11(2)19-15(20)9-8-14(18-19)13(10-17)16(21)12-6-4-3-5-7-12/h3-9,11,13H,1-2H3. The van der Waals surface area contributed by atoms with E-state index in [-0.39, 0.29) is 17.4 Å². The molecular weight excluding hydrogens is 266 g/mol. The van der Waals surface area contributed by atoms with Crippen LogP contribution in [0, 0.1) is 11.3 Å². The molecule has 0 aliphatic carbocycles. The highest BCUT2D eigenvalue weighted by atomic mass is 16.1. The average molecular weight is 281 g/mol. The first-order valence-corrected chi connectivity index (χ1v) is 6.63. The minimum absolute atomic E-state index is 0.136. The molecular formula is C16H15N3O2. The summed E-state index contributed by atoms with van der Waals surface area (Å²) in [4.78, 5) is 24.1. The molecule has 106 valence electrons. The summed E-state index contributed by atoms with van der Waals surface area (Å²) >= 11 is 0. The van der Waals surface area contributed by atoms with Gasteiger partial charge in [-0.2, -0.15) is 10.4 Å². The third-order valence-corrected chi connectivity index (χ3v) is 3.08. The zero-order valence-electron chi connectivity index (χ0n) is 11.9. The number of hydrogen-bond acceptors (Lipinski definition) is 4. The third kappa shape index (κ3) is 3.06. The van der Waals surface area contributed by atoms with E-state index < -0.39 is 5.92 Å². The lowest BCUT2D eigenvalue weighted by Crippen LogP contribution is -2.26. The Hall–Kier alpha value is -2.74. The van der Waals surface area contributed by atoms with E-state index in [1.54, 1.807) is 30.3 Å². The van der Waals surface area contributed by atoms with Gasteiger partial charge in [0.25, 0.3) is 5.56 Å². The smallest absolute Gasteiger partial charge is 0.266 e. The Balaban J connectivity index is 2.44. The molecule has 0 radical (unpaired) electrons. The van der Waals surface area contributed by atoms with E-state index >= 15 is 0 Å². The fourth-order valence-corrected chi connectivity index (χ4v) is 1.99. The Morgan fingerprint density at radius 3 is 2.43 bits per heavy atom. The van der Waals surface area contributed by atoms with Crippen LogP contribution in [-0.4, -0.2) is 15.6 Å². The van der Waals surface area contributed by atoms with Gasteiger partial charge in [-0.25, -0.2) is 4.68 Å². The van der Waals surface area contributed by atoms with E-state index in [4.69, 9.17) is 0 Å². The van der Waals surface area contributed by atoms with Crippen LogP contribution >= 0.6 is 0 Å². The number of benzene rings is 1. The minimum atomic E-state index is -1.02. The first kappa shape index (κ1) is 14.7. The lowest BCUT2D eigenvalue weighted by atomic mass is 9.96. The molecule has 1 heterocycles. The van der Waals surface area contributed by atoms with Crippen LogP contribution in [0.25, 0.3) is 0 Å². The first-order chi connectivity index (χ1) is 10.0. The Labute approximate surface area is 122 Å². The fourth-order valence-electron chi connectivity index (χ4n) is 1.99. The second kappa shape index (κ2) is 6.14. The van der Waals surface area contributed by atoms with Gasteiger partial charge in [-0.15, -0.1) is 0 Å². The van der Waals surface area contributed by atoms with Crippen molar-refractivity contribution in [3.05, 3.63) is 64.1 Å². The van der Waals surface area contributed by atoms with E-state index in [1.807, 2.05) is 19.9 Å². The van der Waals surface area contributed by atoms with Gasteiger partial charge < -0.3 is 0 Å². The predicted octanol–water partition coefficient (Wildman–Crippen LogP) is 2.31. The van der Waals surface area contributed by atoms with Crippen molar-refractivity contribution in [1.29, 1.82) is 5.26 Å². The monoisotopic (exact) mass is 281 g/mol. The van der Waals surface area contributed by atoms with Crippen molar-refractivity contribution in [2.24, 2.45) is 0 Å². The highest BCUT2D eigenvalue weighted by Gasteiger charge is 2.24. The van der Waals surface area contributed by atoms with Gasteiger partial charge in [0.05, 0.1) is 17.8 Å². The summed E-state index contributed by atoms with van der Waals surface area (Å²) in [6.45, 7) is 3.64. The molecule has 2 rings (SSSR count). The quantitative estimate of drug-likeness (QED) is 0.806. The maximum Gasteiger partial charge on any atom is 0.266 e. The van der Waals surface area contributed by atoms with Gasteiger partial charge in [0.1, 0.15) is 0 Å². The first-order valence-electron chi connectivity index (χ1n) is 6.63. The molecule has 0 N–H and O–H groups in total. The van der Waals surface area contributed by atoms with Crippen LogP contribution in [0.5, 0.6) is 0 Å². The maximum atomic E-state index is 12.4. The molecule has 0 aliphatic rings. The normalized spacial score (nSPS) is 11.9. The van der Waals surface area contributed by atoms with Gasteiger partial charge in [-0.3, -0.25) is 9.59 Å². The summed E-state index contributed by atoms with van der Waals surface area (Å²) in [6, 6.07) is 13.2. The number of aromatic nitrogens is 2. The van der Waals surface area contributed by atoms with Gasteiger partial charge in [-0.1, -0.05) is 30.3 Å². The summed E-state index contributed by atoms with van der Waals surface area (Å²) in [5, 5.41) is 13.5. The zero-order valence-corrected chi connectivity index (χ0v) is 11.9.